The second-order valence-corrected chi connectivity index (χ2v) is 6.97. The third kappa shape index (κ3) is 3.68. The zero-order valence-corrected chi connectivity index (χ0v) is 15.0. The molecule has 1 saturated heterocycles. The third-order valence-electron chi connectivity index (χ3n) is 4.40. The molecular formula is C19H19N3O3S. The van der Waals surface area contributed by atoms with Crippen LogP contribution < -0.4 is 0 Å². The van der Waals surface area contributed by atoms with E-state index in [1.165, 1.54) is 11.3 Å². The fourth-order valence-corrected chi connectivity index (χ4v) is 3.75. The number of carbonyl (C=O) groups is 1. The molecule has 1 aliphatic heterocycles. The summed E-state index contributed by atoms with van der Waals surface area (Å²) in [6.07, 6.45) is 1.79. The van der Waals surface area contributed by atoms with Gasteiger partial charge in [0.05, 0.1) is 18.2 Å². The second kappa shape index (κ2) is 7.80. The van der Waals surface area contributed by atoms with E-state index in [9.17, 15) is 4.79 Å². The summed E-state index contributed by atoms with van der Waals surface area (Å²) in [4.78, 5) is 18.9. The summed E-state index contributed by atoms with van der Waals surface area (Å²) in [5.74, 6) is 1.02. The summed E-state index contributed by atoms with van der Waals surface area (Å²) < 4.78 is 11.0. The largest absolute Gasteiger partial charge is 0.367 e. The Morgan fingerprint density at radius 1 is 1.27 bits per heavy atom. The number of ether oxygens (including phenoxy) is 1. The molecule has 1 fully saturated rings. The summed E-state index contributed by atoms with van der Waals surface area (Å²) in [6, 6.07) is 11.6. The van der Waals surface area contributed by atoms with Crippen LogP contribution in [0.5, 0.6) is 0 Å². The van der Waals surface area contributed by atoms with Gasteiger partial charge in [-0.15, -0.1) is 0 Å². The van der Waals surface area contributed by atoms with Gasteiger partial charge in [0.2, 0.25) is 0 Å². The number of thiophene rings is 1. The minimum absolute atomic E-state index is 0.0282. The zero-order chi connectivity index (χ0) is 17.8. The van der Waals surface area contributed by atoms with Crippen LogP contribution in [0.4, 0.5) is 0 Å². The number of aromatic nitrogens is 2. The Morgan fingerprint density at radius 2 is 2.15 bits per heavy atom. The van der Waals surface area contributed by atoms with Crippen molar-refractivity contribution in [2.75, 3.05) is 6.54 Å². The van der Waals surface area contributed by atoms with Gasteiger partial charge in [-0.2, -0.15) is 16.3 Å². The fraction of sp³-hybridized carbons (Fsp3) is 0.316. The lowest BCUT2D eigenvalue weighted by Gasteiger charge is -2.21. The molecule has 0 bridgehead atoms. The Bertz CT molecular complexity index is 848. The SMILES string of the molecule is O=C(c1ccsc1)N1CCCC1c1noc(COCc2ccccc2)n1. The number of hydrogen-bond donors (Lipinski definition) is 0. The van der Waals surface area contributed by atoms with Gasteiger partial charge in [0, 0.05) is 11.9 Å². The van der Waals surface area contributed by atoms with Gasteiger partial charge in [0.25, 0.3) is 11.8 Å². The summed E-state index contributed by atoms with van der Waals surface area (Å²) >= 11 is 1.52. The van der Waals surface area contributed by atoms with Gasteiger partial charge in [0.15, 0.2) is 5.82 Å². The van der Waals surface area contributed by atoms with Crippen LogP contribution in [0.1, 0.15) is 46.5 Å². The first-order chi connectivity index (χ1) is 12.8. The van der Waals surface area contributed by atoms with E-state index in [1.807, 2.05) is 52.1 Å². The Labute approximate surface area is 155 Å². The van der Waals surface area contributed by atoms with Crippen LogP contribution in [-0.2, 0) is 18.0 Å². The van der Waals surface area contributed by atoms with Crippen molar-refractivity contribution in [3.63, 3.8) is 0 Å². The van der Waals surface area contributed by atoms with Crippen molar-refractivity contribution in [2.24, 2.45) is 0 Å². The smallest absolute Gasteiger partial charge is 0.255 e. The lowest BCUT2D eigenvalue weighted by molar-refractivity contribution is 0.0728. The highest BCUT2D eigenvalue weighted by Gasteiger charge is 2.34. The molecule has 26 heavy (non-hydrogen) atoms. The van der Waals surface area contributed by atoms with Crippen molar-refractivity contribution < 1.29 is 14.1 Å². The third-order valence-corrected chi connectivity index (χ3v) is 5.08. The molecule has 1 aromatic carbocycles. The molecule has 134 valence electrons. The lowest BCUT2D eigenvalue weighted by atomic mass is 10.2. The standard InChI is InChI=1S/C19H19N3O3S/c23-19(15-8-10-26-13-15)22-9-4-7-16(22)18-20-17(25-21-18)12-24-11-14-5-2-1-3-6-14/h1-3,5-6,8,10,13,16H,4,7,9,11-12H2. The topological polar surface area (TPSA) is 68.5 Å². The fourth-order valence-electron chi connectivity index (χ4n) is 3.12. The van der Waals surface area contributed by atoms with Crippen LogP contribution in [0.25, 0.3) is 0 Å². The van der Waals surface area contributed by atoms with Crippen molar-refractivity contribution in [3.05, 3.63) is 70.0 Å². The molecule has 3 aromatic rings. The molecule has 6 nitrogen and oxygen atoms in total. The highest BCUT2D eigenvalue weighted by atomic mass is 32.1. The Morgan fingerprint density at radius 3 is 2.96 bits per heavy atom. The van der Waals surface area contributed by atoms with Gasteiger partial charge in [0.1, 0.15) is 6.61 Å². The molecule has 1 aliphatic rings. The predicted octanol–water partition coefficient (Wildman–Crippen LogP) is 3.83. The molecule has 0 saturated carbocycles. The highest BCUT2D eigenvalue weighted by molar-refractivity contribution is 7.08. The van der Waals surface area contributed by atoms with Gasteiger partial charge < -0.3 is 14.2 Å². The number of benzene rings is 1. The summed E-state index contributed by atoms with van der Waals surface area (Å²) in [5.41, 5.74) is 1.81. The minimum atomic E-state index is -0.131. The molecule has 2 aromatic heterocycles. The molecule has 0 aliphatic carbocycles. The van der Waals surface area contributed by atoms with E-state index in [2.05, 4.69) is 10.1 Å². The maximum atomic E-state index is 12.6. The first-order valence-electron chi connectivity index (χ1n) is 8.58. The highest BCUT2D eigenvalue weighted by Crippen LogP contribution is 2.31. The van der Waals surface area contributed by atoms with E-state index in [-0.39, 0.29) is 18.6 Å². The van der Waals surface area contributed by atoms with Crippen LogP contribution >= 0.6 is 11.3 Å². The molecule has 1 atom stereocenters. The molecule has 1 unspecified atom stereocenters. The monoisotopic (exact) mass is 369 g/mol. The Hall–Kier alpha value is -2.51. The lowest BCUT2D eigenvalue weighted by Crippen LogP contribution is -2.30. The number of amides is 1. The predicted molar refractivity (Wildman–Crippen MR) is 96.6 cm³/mol. The van der Waals surface area contributed by atoms with E-state index < -0.39 is 0 Å². The van der Waals surface area contributed by atoms with Gasteiger partial charge in [-0.25, -0.2) is 0 Å². The zero-order valence-electron chi connectivity index (χ0n) is 14.2. The van der Waals surface area contributed by atoms with Gasteiger partial charge in [-0.05, 0) is 29.9 Å². The van der Waals surface area contributed by atoms with Crippen LogP contribution in [0.15, 0.2) is 51.7 Å². The normalized spacial score (nSPS) is 16.9. The van der Waals surface area contributed by atoms with Crippen LogP contribution in [0.3, 0.4) is 0 Å². The van der Waals surface area contributed by atoms with Gasteiger partial charge >= 0.3 is 0 Å². The number of rotatable bonds is 6. The molecule has 0 radical (unpaired) electrons. The average Bonchev–Trinajstić information content (AvgIpc) is 3.42. The van der Waals surface area contributed by atoms with Crippen LogP contribution in [0, 0.1) is 0 Å². The van der Waals surface area contributed by atoms with E-state index >= 15 is 0 Å². The van der Waals surface area contributed by atoms with Crippen molar-refractivity contribution in [1.82, 2.24) is 15.0 Å². The molecule has 1 amide bonds. The first kappa shape index (κ1) is 16.9. The van der Waals surface area contributed by atoms with Gasteiger partial charge in [-0.3, -0.25) is 4.79 Å². The van der Waals surface area contributed by atoms with Gasteiger partial charge in [-0.1, -0.05) is 35.5 Å². The van der Waals surface area contributed by atoms with Crippen molar-refractivity contribution in [3.8, 4) is 0 Å². The number of likely N-dealkylation sites (tertiary alicyclic amines) is 1. The number of carbonyl (C=O) groups excluding carboxylic acids is 1. The molecular weight excluding hydrogens is 350 g/mol. The van der Waals surface area contributed by atoms with Crippen molar-refractivity contribution in [2.45, 2.75) is 32.1 Å². The van der Waals surface area contributed by atoms with E-state index in [4.69, 9.17) is 9.26 Å². The van der Waals surface area contributed by atoms with Crippen molar-refractivity contribution >= 4 is 17.2 Å². The quantitative estimate of drug-likeness (QED) is 0.661. The van der Waals surface area contributed by atoms with Crippen molar-refractivity contribution in [1.29, 1.82) is 0 Å². The van der Waals surface area contributed by atoms with E-state index in [1.54, 1.807) is 0 Å². The molecule has 0 spiro atoms. The number of nitrogens with zero attached hydrogens (tertiary/aromatic N) is 3. The summed E-state index contributed by atoms with van der Waals surface area (Å²) in [5, 5.41) is 7.86. The maximum Gasteiger partial charge on any atom is 0.255 e. The first-order valence-corrected chi connectivity index (χ1v) is 9.53. The van der Waals surface area contributed by atoms with Crippen LogP contribution in [0.2, 0.25) is 0 Å². The second-order valence-electron chi connectivity index (χ2n) is 6.19. The Kier molecular flexibility index (Phi) is 5.08. The van der Waals surface area contributed by atoms with E-state index in [0.717, 1.165) is 24.0 Å². The summed E-state index contributed by atoms with van der Waals surface area (Å²) in [6.45, 7) is 1.46. The minimum Gasteiger partial charge on any atom is -0.367 e. The maximum absolute atomic E-state index is 12.6. The Balaban J connectivity index is 1.38. The molecule has 0 N–H and O–H groups in total. The van der Waals surface area contributed by atoms with E-state index in [0.29, 0.717) is 24.9 Å². The molecule has 4 rings (SSSR count). The molecule has 3 heterocycles. The average molecular weight is 369 g/mol. The molecule has 7 heteroatoms. The summed E-state index contributed by atoms with van der Waals surface area (Å²) in [7, 11) is 0. The number of hydrogen-bond acceptors (Lipinski definition) is 6. The van der Waals surface area contributed by atoms with Crippen LogP contribution in [-0.4, -0.2) is 27.5 Å².